The zero-order chi connectivity index (χ0) is 14.8. The number of carbonyl (C=O) groups is 1. The van der Waals surface area contributed by atoms with Crippen LogP contribution in [0.3, 0.4) is 0 Å². The van der Waals surface area contributed by atoms with Gasteiger partial charge in [0.2, 0.25) is 0 Å². The van der Waals surface area contributed by atoms with Crippen LogP contribution in [0.4, 0.5) is 0 Å². The number of fused-ring (bicyclic) bond motifs is 1. The summed E-state index contributed by atoms with van der Waals surface area (Å²) in [5.74, 6) is -0.918. The Balaban J connectivity index is 2.30. The predicted molar refractivity (Wildman–Crippen MR) is 77.0 cm³/mol. The average Bonchev–Trinajstić information content (AvgIpc) is 2.78. The smallest absolute Gasteiger partial charge is 0.335 e. The van der Waals surface area contributed by atoms with E-state index in [-0.39, 0.29) is 11.0 Å². The topological polar surface area (TPSA) is 64.4 Å². The molecule has 1 aromatic carbocycles. The molecular formula is C15H20N2O3. The van der Waals surface area contributed by atoms with E-state index in [1.54, 1.807) is 31.6 Å². The Kier molecular flexibility index (Phi) is 4.09. The van der Waals surface area contributed by atoms with E-state index in [0.29, 0.717) is 6.61 Å². The van der Waals surface area contributed by atoms with Crippen molar-refractivity contribution in [2.75, 3.05) is 13.7 Å². The number of carboxylic acids is 1. The molecule has 0 bridgehead atoms. The maximum Gasteiger partial charge on any atom is 0.335 e. The van der Waals surface area contributed by atoms with E-state index in [9.17, 15) is 4.79 Å². The maximum absolute atomic E-state index is 11.1. The summed E-state index contributed by atoms with van der Waals surface area (Å²) < 4.78 is 7.14. The molecule has 2 aromatic rings. The molecule has 0 spiro atoms. The lowest BCUT2D eigenvalue weighted by Crippen LogP contribution is -2.21. The lowest BCUT2D eigenvalue weighted by atomic mass is 9.89. The van der Waals surface area contributed by atoms with Crippen LogP contribution in [0.15, 0.2) is 24.5 Å². The van der Waals surface area contributed by atoms with Gasteiger partial charge < -0.3 is 14.4 Å². The van der Waals surface area contributed by atoms with Gasteiger partial charge in [0, 0.05) is 20.3 Å². The second-order valence-corrected chi connectivity index (χ2v) is 5.79. The minimum atomic E-state index is -0.918. The molecular weight excluding hydrogens is 256 g/mol. The first-order chi connectivity index (χ1) is 9.43. The van der Waals surface area contributed by atoms with E-state index < -0.39 is 5.97 Å². The number of hydrogen-bond acceptors (Lipinski definition) is 3. The van der Waals surface area contributed by atoms with Crippen molar-refractivity contribution < 1.29 is 14.6 Å². The van der Waals surface area contributed by atoms with E-state index in [1.807, 2.05) is 4.57 Å². The molecule has 1 heterocycles. The first-order valence-corrected chi connectivity index (χ1v) is 6.60. The number of carboxylic acid groups (broad SMARTS) is 1. The van der Waals surface area contributed by atoms with Crippen LogP contribution in [0.25, 0.3) is 11.0 Å². The van der Waals surface area contributed by atoms with Gasteiger partial charge in [-0.25, -0.2) is 9.78 Å². The van der Waals surface area contributed by atoms with Crippen LogP contribution in [0.1, 0.15) is 30.6 Å². The number of benzene rings is 1. The van der Waals surface area contributed by atoms with Crippen LogP contribution >= 0.6 is 0 Å². The normalized spacial score (nSPS) is 11.9. The fourth-order valence-corrected chi connectivity index (χ4v) is 2.23. The molecule has 0 saturated carbocycles. The molecule has 0 saturated heterocycles. The van der Waals surface area contributed by atoms with Gasteiger partial charge in [-0.15, -0.1) is 0 Å². The van der Waals surface area contributed by atoms with Crippen LogP contribution in [0, 0.1) is 5.41 Å². The molecule has 0 amide bonds. The number of aromatic carboxylic acids is 1. The van der Waals surface area contributed by atoms with Gasteiger partial charge in [-0.2, -0.15) is 0 Å². The maximum atomic E-state index is 11.1. The van der Waals surface area contributed by atoms with Crippen LogP contribution < -0.4 is 0 Å². The fourth-order valence-electron chi connectivity index (χ4n) is 2.23. The highest BCUT2D eigenvalue weighted by atomic mass is 16.5. The highest BCUT2D eigenvalue weighted by Gasteiger charge is 2.19. The lowest BCUT2D eigenvalue weighted by Gasteiger charge is -2.25. The van der Waals surface area contributed by atoms with Gasteiger partial charge in [-0.05, 0) is 30.0 Å². The molecule has 0 fully saturated rings. The molecule has 0 aliphatic rings. The van der Waals surface area contributed by atoms with Crippen LogP contribution in [0.5, 0.6) is 0 Å². The molecule has 0 atom stereocenters. The fraction of sp³-hybridized carbons (Fsp3) is 0.467. The molecule has 0 unspecified atom stereocenters. The molecule has 5 nitrogen and oxygen atoms in total. The third-order valence-electron chi connectivity index (χ3n) is 3.45. The second-order valence-electron chi connectivity index (χ2n) is 5.79. The Morgan fingerprint density at radius 1 is 1.45 bits per heavy atom. The van der Waals surface area contributed by atoms with Crippen LogP contribution in [0.2, 0.25) is 0 Å². The highest BCUT2D eigenvalue weighted by molar-refractivity contribution is 5.92. The van der Waals surface area contributed by atoms with Crippen molar-refractivity contribution in [2.24, 2.45) is 5.41 Å². The summed E-state index contributed by atoms with van der Waals surface area (Å²) in [7, 11) is 1.70. The molecule has 1 N–H and O–H groups in total. The largest absolute Gasteiger partial charge is 0.478 e. The number of hydrogen-bond donors (Lipinski definition) is 1. The van der Waals surface area contributed by atoms with Gasteiger partial charge in [-0.3, -0.25) is 0 Å². The summed E-state index contributed by atoms with van der Waals surface area (Å²) in [4.78, 5) is 15.4. The number of ether oxygens (including phenoxy) is 1. The van der Waals surface area contributed by atoms with Gasteiger partial charge in [-0.1, -0.05) is 13.8 Å². The Labute approximate surface area is 118 Å². The highest BCUT2D eigenvalue weighted by Crippen LogP contribution is 2.25. The van der Waals surface area contributed by atoms with E-state index in [0.717, 1.165) is 24.0 Å². The summed E-state index contributed by atoms with van der Waals surface area (Å²) in [6.45, 7) is 5.81. The Morgan fingerprint density at radius 2 is 2.20 bits per heavy atom. The van der Waals surface area contributed by atoms with Crippen molar-refractivity contribution in [3.8, 4) is 0 Å². The number of nitrogens with zero attached hydrogens (tertiary/aromatic N) is 2. The number of rotatable bonds is 6. The Bertz CT molecular complexity index is 617. The Morgan fingerprint density at radius 3 is 2.85 bits per heavy atom. The summed E-state index contributed by atoms with van der Waals surface area (Å²) in [6, 6.07) is 5.01. The predicted octanol–water partition coefficient (Wildman–Crippen LogP) is 2.80. The monoisotopic (exact) mass is 276 g/mol. The van der Waals surface area contributed by atoms with Gasteiger partial charge in [0.1, 0.15) is 0 Å². The minimum Gasteiger partial charge on any atom is -0.478 e. The van der Waals surface area contributed by atoms with Crippen LogP contribution in [-0.2, 0) is 11.3 Å². The second kappa shape index (κ2) is 5.63. The lowest BCUT2D eigenvalue weighted by molar-refractivity contribution is 0.0697. The van der Waals surface area contributed by atoms with E-state index in [2.05, 4.69) is 18.8 Å². The van der Waals surface area contributed by atoms with Crippen molar-refractivity contribution in [3.05, 3.63) is 30.1 Å². The van der Waals surface area contributed by atoms with Gasteiger partial charge in [0.05, 0.1) is 22.9 Å². The van der Waals surface area contributed by atoms with Crippen molar-refractivity contribution in [1.29, 1.82) is 0 Å². The van der Waals surface area contributed by atoms with Gasteiger partial charge in [0.15, 0.2) is 0 Å². The summed E-state index contributed by atoms with van der Waals surface area (Å²) in [6.07, 6.45) is 2.70. The van der Waals surface area contributed by atoms with Crippen molar-refractivity contribution in [2.45, 2.75) is 26.8 Å². The van der Waals surface area contributed by atoms with E-state index in [1.165, 1.54) is 0 Å². The quantitative estimate of drug-likeness (QED) is 0.881. The molecule has 0 radical (unpaired) electrons. The first kappa shape index (κ1) is 14.5. The summed E-state index contributed by atoms with van der Waals surface area (Å²) in [5, 5.41) is 9.08. The zero-order valence-corrected chi connectivity index (χ0v) is 12.1. The molecule has 0 aliphatic carbocycles. The summed E-state index contributed by atoms with van der Waals surface area (Å²) in [5.41, 5.74) is 2.02. The molecule has 108 valence electrons. The van der Waals surface area contributed by atoms with Gasteiger partial charge in [0.25, 0.3) is 0 Å². The van der Waals surface area contributed by atoms with Crippen molar-refractivity contribution in [1.82, 2.24) is 9.55 Å². The van der Waals surface area contributed by atoms with Gasteiger partial charge >= 0.3 is 5.97 Å². The van der Waals surface area contributed by atoms with E-state index >= 15 is 0 Å². The zero-order valence-electron chi connectivity index (χ0n) is 12.1. The van der Waals surface area contributed by atoms with Crippen molar-refractivity contribution >= 4 is 17.0 Å². The van der Waals surface area contributed by atoms with Crippen LogP contribution in [-0.4, -0.2) is 34.3 Å². The third-order valence-corrected chi connectivity index (χ3v) is 3.45. The molecule has 2 rings (SSSR count). The van der Waals surface area contributed by atoms with Crippen molar-refractivity contribution in [3.63, 3.8) is 0 Å². The third kappa shape index (κ3) is 3.17. The average molecular weight is 276 g/mol. The molecule has 5 heteroatoms. The molecule has 1 aromatic heterocycles. The first-order valence-electron chi connectivity index (χ1n) is 6.60. The summed E-state index contributed by atoms with van der Waals surface area (Å²) >= 11 is 0. The molecule has 0 aliphatic heterocycles. The minimum absolute atomic E-state index is 0.0584. The SMILES string of the molecule is COCCC(C)(C)Cn1cnc2ccc(C(=O)O)cc21. The standard InChI is InChI=1S/C15H20N2O3/c1-15(2,6-7-20-3)9-17-10-16-12-5-4-11(14(18)19)8-13(12)17/h4-5,8,10H,6-7,9H2,1-3H3,(H,18,19). The van der Waals surface area contributed by atoms with E-state index in [4.69, 9.17) is 9.84 Å². The number of aromatic nitrogens is 2. The number of imidazole rings is 1. The Hall–Kier alpha value is -1.88. The molecule has 20 heavy (non-hydrogen) atoms. The number of methoxy groups -OCH3 is 1.